The zero-order valence-electron chi connectivity index (χ0n) is 13.7. The highest BCUT2D eigenvalue weighted by Crippen LogP contribution is 2.49. The average Bonchev–Trinajstić information content (AvgIpc) is 3.31. The fourth-order valence-corrected chi connectivity index (χ4v) is 4.62. The zero-order valence-corrected chi connectivity index (χ0v) is 14.5. The largest absolute Gasteiger partial charge is 0.454 e. The molecule has 0 unspecified atom stereocenters. The average molecular weight is 348 g/mol. The van der Waals surface area contributed by atoms with Crippen LogP contribution in [0.5, 0.6) is 0 Å². The molecule has 0 aliphatic heterocycles. The number of hydrogen-bond acceptors (Lipinski definition) is 3. The van der Waals surface area contributed by atoms with Crippen LogP contribution in [-0.4, -0.2) is 21.7 Å². The normalized spacial score (nSPS) is 26.7. The lowest BCUT2D eigenvalue weighted by molar-refractivity contribution is 0.0885. The Morgan fingerprint density at radius 2 is 2.33 bits per heavy atom. The second kappa shape index (κ2) is 6.28. The van der Waals surface area contributed by atoms with Crippen LogP contribution in [0.3, 0.4) is 0 Å². The number of halogens is 1. The van der Waals surface area contributed by atoms with Gasteiger partial charge in [0.05, 0.1) is 17.8 Å². The van der Waals surface area contributed by atoms with E-state index in [0.29, 0.717) is 29.0 Å². The Balaban J connectivity index is 1.36. The minimum absolute atomic E-state index is 0.130. The Kier molecular flexibility index (Phi) is 4.12. The van der Waals surface area contributed by atoms with E-state index in [-0.39, 0.29) is 11.9 Å². The second-order valence-corrected chi connectivity index (χ2v) is 7.66. The molecule has 1 amide bonds. The quantitative estimate of drug-likeness (QED) is 0.896. The molecule has 2 aliphatic carbocycles. The highest BCUT2D eigenvalue weighted by molar-refractivity contribution is 6.30. The van der Waals surface area contributed by atoms with E-state index in [9.17, 15) is 4.79 Å². The van der Waals surface area contributed by atoms with Gasteiger partial charge in [0.1, 0.15) is 5.76 Å². The molecule has 0 spiro atoms. The highest BCUT2D eigenvalue weighted by atomic mass is 35.5. The van der Waals surface area contributed by atoms with Crippen LogP contribution in [0.2, 0.25) is 5.02 Å². The molecule has 2 bridgehead atoms. The molecular formula is C18H22ClN3O2. The van der Waals surface area contributed by atoms with Crippen molar-refractivity contribution in [2.24, 2.45) is 17.8 Å². The first-order valence-corrected chi connectivity index (χ1v) is 9.04. The summed E-state index contributed by atoms with van der Waals surface area (Å²) >= 11 is 5.85. The zero-order chi connectivity index (χ0) is 16.7. The first-order chi connectivity index (χ1) is 11.6. The summed E-state index contributed by atoms with van der Waals surface area (Å²) in [5.74, 6) is 3.21. The second-order valence-electron chi connectivity index (χ2n) is 7.22. The number of rotatable bonds is 5. The molecule has 2 fully saturated rings. The summed E-state index contributed by atoms with van der Waals surface area (Å²) in [6.45, 7) is 2.58. The fourth-order valence-electron chi connectivity index (χ4n) is 4.46. The number of hydrogen-bond donors (Lipinski definition) is 1. The molecule has 5 nitrogen and oxygen atoms in total. The van der Waals surface area contributed by atoms with Gasteiger partial charge in [0.15, 0.2) is 5.76 Å². The fraction of sp³-hybridized carbons (Fsp3) is 0.556. The molecule has 2 saturated carbocycles. The van der Waals surface area contributed by atoms with Crippen molar-refractivity contribution in [3.05, 3.63) is 41.1 Å². The van der Waals surface area contributed by atoms with Gasteiger partial charge in [-0.2, -0.15) is 5.10 Å². The van der Waals surface area contributed by atoms with E-state index in [1.54, 1.807) is 23.1 Å². The molecule has 1 N–H and O–H groups in total. The summed E-state index contributed by atoms with van der Waals surface area (Å²) in [5, 5.41) is 7.82. The van der Waals surface area contributed by atoms with Crippen LogP contribution >= 0.6 is 11.6 Å². The number of fused-ring (bicyclic) bond motifs is 2. The van der Waals surface area contributed by atoms with Crippen molar-refractivity contribution in [2.45, 2.75) is 45.2 Å². The van der Waals surface area contributed by atoms with Gasteiger partial charge < -0.3 is 9.73 Å². The number of furan rings is 1. The van der Waals surface area contributed by atoms with Crippen LogP contribution < -0.4 is 5.32 Å². The van der Waals surface area contributed by atoms with E-state index in [2.05, 4.69) is 17.3 Å². The number of nitrogens with one attached hydrogen (secondary N) is 1. The predicted molar refractivity (Wildman–Crippen MR) is 90.9 cm³/mol. The Morgan fingerprint density at radius 3 is 3.00 bits per heavy atom. The van der Waals surface area contributed by atoms with Crippen LogP contribution in [0.15, 0.2) is 28.9 Å². The maximum atomic E-state index is 12.4. The molecule has 24 heavy (non-hydrogen) atoms. The van der Waals surface area contributed by atoms with Gasteiger partial charge in [-0.05, 0) is 56.1 Å². The third-order valence-electron chi connectivity index (χ3n) is 5.60. The monoisotopic (exact) mass is 347 g/mol. The van der Waals surface area contributed by atoms with Crippen LogP contribution in [0.25, 0.3) is 0 Å². The molecule has 4 atom stereocenters. The van der Waals surface area contributed by atoms with Crippen molar-refractivity contribution in [3.63, 3.8) is 0 Å². The Bertz CT molecular complexity index is 738. The van der Waals surface area contributed by atoms with E-state index in [4.69, 9.17) is 16.0 Å². The van der Waals surface area contributed by atoms with Crippen molar-refractivity contribution in [1.82, 2.24) is 15.1 Å². The molecule has 2 aliphatic rings. The molecule has 128 valence electrons. The lowest BCUT2D eigenvalue weighted by Gasteiger charge is -2.28. The highest BCUT2D eigenvalue weighted by Gasteiger charge is 2.42. The maximum absolute atomic E-state index is 12.4. The third-order valence-corrected chi connectivity index (χ3v) is 5.79. The van der Waals surface area contributed by atoms with Gasteiger partial charge in [0.2, 0.25) is 0 Å². The van der Waals surface area contributed by atoms with Gasteiger partial charge in [-0.15, -0.1) is 0 Å². The van der Waals surface area contributed by atoms with Gasteiger partial charge in [0.25, 0.3) is 5.91 Å². The molecule has 4 rings (SSSR count). The Labute approximate surface area is 146 Å². The Hall–Kier alpha value is -1.75. The van der Waals surface area contributed by atoms with Crippen LogP contribution in [0.1, 0.15) is 48.9 Å². The van der Waals surface area contributed by atoms with Gasteiger partial charge in [-0.1, -0.05) is 18.0 Å². The summed E-state index contributed by atoms with van der Waals surface area (Å²) in [4.78, 5) is 12.4. The van der Waals surface area contributed by atoms with Crippen molar-refractivity contribution >= 4 is 17.5 Å². The lowest BCUT2D eigenvalue weighted by atomic mass is 9.84. The number of carbonyl (C=O) groups excluding carboxylic acids is 1. The van der Waals surface area contributed by atoms with Crippen LogP contribution in [-0.2, 0) is 6.54 Å². The molecule has 0 aromatic carbocycles. The van der Waals surface area contributed by atoms with E-state index in [1.165, 1.54) is 25.7 Å². The predicted octanol–water partition coefficient (Wildman–Crippen LogP) is 3.73. The molecule has 2 aromatic heterocycles. The number of amides is 1. The van der Waals surface area contributed by atoms with Crippen molar-refractivity contribution in [2.75, 3.05) is 0 Å². The van der Waals surface area contributed by atoms with Gasteiger partial charge in [-0.3, -0.25) is 9.48 Å². The first kappa shape index (κ1) is 15.8. The van der Waals surface area contributed by atoms with E-state index >= 15 is 0 Å². The number of carbonyl (C=O) groups is 1. The SMILES string of the molecule is C[C@@H](NC(=O)c1ccc(Cn2cc(Cl)cn2)o1)[C@@H]1C[C@H]2CC[C@H]1C2. The van der Waals surface area contributed by atoms with Crippen LogP contribution in [0, 0.1) is 17.8 Å². The van der Waals surface area contributed by atoms with Crippen molar-refractivity contribution < 1.29 is 9.21 Å². The maximum Gasteiger partial charge on any atom is 0.287 e. The standard InChI is InChI=1S/C18H22ClN3O2/c1-11(16-7-12-2-3-13(16)6-12)21-18(23)17-5-4-15(24-17)10-22-9-14(19)8-20-22/h4-5,8-9,11-13,16H,2-3,6-7,10H2,1H3,(H,21,23)/t11-,12+,13+,16+/m1/s1. The summed E-state index contributed by atoms with van der Waals surface area (Å²) in [6.07, 6.45) is 8.61. The topological polar surface area (TPSA) is 60.1 Å². The molecule has 2 aromatic rings. The summed E-state index contributed by atoms with van der Waals surface area (Å²) < 4.78 is 7.35. The van der Waals surface area contributed by atoms with Crippen molar-refractivity contribution in [1.29, 1.82) is 0 Å². The summed E-state index contributed by atoms with van der Waals surface area (Å²) in [7, 11) is 0. The number of nitrogens with zero attached hydrogens (tertiary/aromatic N) is 2. The Morgan fingerprint density at radius 1 is 1.46 bits per heavy atom. The third kappa shape index (κ3) is 3.09. The van der Waals surface area contributed by atoms with Gasteiger partial charge in [0, 0.05) is 12.2 Å². The molecule has 0 saturated heterocycles. The lowest BCUT2D eigenvalue weighted by Crippen LogP contribution is -2.40. The minimum atomic E-state index is -0.130. The van der Waals surface area contributed by atoms with Crippen LogP contribution in [0.4, 0.5) is 0 Å². The molecule has 0 radical (unpaired) electrons. The smallest absolute Gasteiger partial charge is 0.287 e. The molecule has 2 heterocycles. The van der Waals surface area contributed by atoms with E-state index < -0.39 is 0 Å². The molecule has 6 heteroatoms. The summed E-state index contributed by atoms with van der Waals surface area (Å²) in [6, 6.07) is 3.74. The molecular weight excluding hydrogens is 326 g/mol. The van der Waals surface area contributed by atoms with Crippen molar-refractivity contribution in [3.8, 4) is 0 Å². The number of aromatic nitrogens is 2. The van der Waals surface area contributed by atoms with Gasteiger partial charge >= 0.3 is 0 Å². The first-order valence-electron chi connectivity index (χ1n) is 8.66. The van der Waals surface area contributed by atoms with E-state index in [0.717, 1.165) is 11.8 Å². The van der Waals surface area contributed by atoms with Gasteiger partial charge in [-0.25, -0.2) is 0 Å². The minimum Gasteiger partial charge on any atom is -0.454 e. The van der Waals surface area contributed by atoms with E-state index in [1.807, 2.05) is 6.07 Å². The summed E-state index contributed by atoms with van der Waals surface area (Å²) in [5.41, 5.74) is 0.